The molecule has 1 heterocycles. The summed E-state index contributed by atoms with van der Waals surface area (Å²) in [6.45, 7) is 2.00. The SMILES string of the molecule is Cc1nnc(CC2CCC(CC#N)CC2)s1. The van der Waals surface area contributed by atoms with Crippen LogP contribution >= 0.6 is 11.3 Å². The summed E-state index contributed by atoms with van der Waals surface area (Å²) in [5, 5.41) is 19.1. The molecule has 1 aliphatic rings. The third-order valence-corrected chi connectivity index (χ3v) is 4.24. The van der Waals surface area contributed by atoms with E-state index < -0.39 is 0 Å². The predicted molar refractivity (Wildman–Crippen MR) is 64.0 cm³/mol. The van der Waals surface area contributed by atoms with E-state index in [-0.39, 0.29) is 0 Å². The molecule has 0 atom stereocenters. The van der Waals surface area contributed by atoms with Gasteiger partial charge in [-0.15, -0.1) is 21.5 Å². The average molecular weight is 235 g/mol. The number of hydrogen-bond donors (Lipinski definition) is 0. The summed E-state index contributed by atoms with van der Waals surface area (Å²) in [6.07, 6.45) is 6.78. The van der Waals surface area contributed by atoms with Crippen LogP contribution in [-0.2, 0) is 6.42 Å². The first kappa shape index (κ1) is 11.5. The molecule has 1 saturated carbocycles. The number of nitrogens with zero attached hydrogens (tertiary/aromatic N) is 3. The Bertz CT molecular complexity index is 372. The maximum atomic E-state index is 8.66. The maximum absolute atomic E-state index is 8.66. The van der Waals surface area contributed by atoms with E-state index in [2.05, 4.69) is 16.3 Å². The van der Waals surface area contributed by atoms with Crippen molar-refractivity contribution in [3.8, 4) is 6.07 Å². The minimum atomic E-state index is 0.650. The predicted octanol–water partition coefficient (Wildman–Crippen LogP) is 3.11. The first-order valence-corrected chi connectivity index (χ1v) is 6.75. The van der Waals surface area contributed by atoms with Gasteiger partial charge >= 0.3 is 0 Å². The Labute approximate surface area is 101 Å². The molecule has 0 saturated heterocycles. The molecule has 0 bridgehead atoms. The van der Waals surface area contributed by atoms with E-state index in [9.17, 15) is 0 Å². The summed E-state index contributed by atoms with van der Waals surface area (Å²) in [5.41, 5.74) is 0. The second kappa shape index (κ2) is 5.40. The molecule has 0 spiro atoms. The Kier molecular flexibility index (Phi) is 3.89. The summed E-state index contributed by atoms with van der Waals surface area (Å²) in [7, 11) is 0. The Morgan fingerprint density at radius 1 is 1.25 bits per heavy atom. The van der Waals surface area contributed by atoms with Crippen LogP contribution in [0.4, 0.5) is 0 Å². The normalized spacial score (nSPS) is 25.2. The van der Waals surface area contributed by atoms with Gasteiger partial charge in [-0.2, -0.15) is 5.26 Å². The van der Waals surface area contributed by atoms with Crippen LogP contribution in [0, 0.1) is 30.1 Å². The number of aromatic nitrogens is 2. The summed E-state index contributed by atoms with van der Waals surface area (Å²) in [4.78, 5) is 0. The van der Waals surface area contributed by atoms with E-state index in [1.165, 1.54) is 30.7 Å². The Morgan fingerprint density at radius 3 is 2.50 bits per heavy atom. The van der Waals surface area contributed by atoms with Crippen LogP contribution in [0.15, 0.2) is 0 Å². The number of hydrogen-bond acceptors (Lipinski definition) is 4. The van der Waals surface area contributed by atoms with Crippen molar-refractivity contribution in [1.29, 1.82) is 5.26 Å². The summed E-state index contributed by atoms with van der Waals surface area (Å²) in [5.74, 6) is 1.42. The lowest BCUT2D eigenvalue weighted by molar-refractivity contribution is 0.276. The van der Waals surface area contributed by atoms with Crippen LogP contribution in [0.5, 0.6) is 0 Å². The highest BCUT2D eigenvalue weighted by Gasteiger charge is 2.22. The zero-order valence-electron chi connectivity index (χ0n) is 9.65. The van der Waals surface area contributed by atoms with Gasteiger partial charge in [0, 0.05) is 12.8 Å². The standard InChI is InChI=1S/C12H17N3S/c1-9-14-15-12(16-9)8-11-4-2-10(3-5-11)6-7-13/h10-11H,2-6,8H2,1H3. The third-order valence-electron chi connectivity index (χ3n) is 3.38. The lowest BCUT2D eigenvalue weighted by atomic mass is 9.79. The second-order valence-corrected chi connectivity index (χ2v) is 5.93. The van der Waals surface area contributed by atoms with Crippen LogP contribution in [-0.4, -0.2) is 10.2 Å². The molecule has 16 heavy (non-hydrogen) atoms. The first-order chi connectivity index (χ1) is 7.78. The van der Waals surface area contributed by atoms with Crippen molar-refractivity contribution in [3.05, 3.63) is 10.0 Å². The van der Waals surface area contributed by atoms with Crippen molar-refractivity contribution in [1.82, 2.24) is 10.2 Å². The molecule has 3 nitrogen and oxygen atoms in total. The first-order valence-electron chi connectivity index (χ1n) is 5.94. The van der Waals surface area contributed by atoms with Gasteiger partial charge in [-0.25, -0.2) is 0 Å². The zero-order chi connectivity index (χ0) is 11.4. The summed E-state index contributed by atoms with van der Waals surface area (Å²) in [6, 6.07) is 2.28. The molecule has 0 radical (unpaired) electrons. The molecule has 0 aliphatic heterocycles. The van der Waals surface area contributed by atoms with Gasteiger partial charge in [0.2, 0.25) is 0 Å². The highest BCUT2D eigenvalue weighted by atomic mass is 32.1. The average Bonchev–Trinajstić information content (AvgIpc) is 2.67. The maximum Gasteiger partial charge on any atom is 0.117 e. The van der Waals surface area contributed by atoms with Crippen molar-refractivity contribution >= 4 is 11.3 Å². The molecule has 0 N–H and O–H groups in total. The fourth-order valence-corrected chi connectivity index (χ4v) is 3.26. The Hall–Kier alpha value is -0.950. The molecule has 2 rings (SSSR count). The van der Waals surface area contributed by atoms with Gasteiger partial charge in [0.05, 0.1) is 6.07 Å². The molecule has 0 aromatic carbocycles. The van der Waals surface area contributed by atoms with Gasteiger partial charge in [0.25, 0.3) is 0 Å². The Morgan fingerprint density at radius 2 is 1.94 bits per heavy atom. The van der Waals surface area contributed by atoms with Gasteiger partial charge < -0.3 is 0 Å². The van der Waals surface area contributed by atoms with Crippen LogP contribution < -0.4 is 0 Å². The van der Waals surface area contributed by atoms with Gasteiger partial charge in [0.1, 0.15) is 10.0 Å². The van der Waals surface area contributed by atoms with Crippen molar-refractivity contribution < 1.29 is 0 Å². The topological polar surface area (TPSA) is 49.6 Å². The minimum absolute atomic E-state index is 0.650. The second-order valence-electron chi connectivity index (χ2n) is 4.67. The molecule has 4 heteroatoms. The summed E-state index contributed by atoms with van der Waals surface area (Å²) >= 11 is 1.72. The van der Waals surface area contributed by atoms with E-state index in [1.54, 1.807) is 11.3 Å². The molecule has 86 valence electrons. The van der Waals surface area contributed by atoms with Crippen LogP contribution in [0.25, 0.3) is 0 Å². The monoisotopic (exact) mass is 235 g/mol. The fraction of sp³-hybridized carbons (Fsp3) is 0.750. The third kappa shape index (κ3) is 3.02. The lowest BCUT2D eigenvalue weighted by Crippen LogP contribution is -2.16. The van der Waals surface area contributed by atoms with Crippen LogP contribution in [0.3, 0.4) is 0 Å². The van der Waals surface area contributed by atoms with Gasteiger partial charge in [0.15, 0.2) is 0 Å². The van der Waals surface area contributed by atoms with E-state index >= 15 is 0 Å². The highest BCUT2D eigenvalue weighted by Crippen LogP contribution is 2.32. The molecule has 1 aliphatic carbocycles. The quantitative estimate of drug-likeness (QED) is 0.808. The number of aryl methyl sites for hydroxylation is 1. The molecular formula is C12H17N3S. The zero-order valence-corrected chi connectivity index (χ0v) is 10.5. The number of nitriles is 1. The molecule has 0 unspecified atom stereocenters. The van der Waals surface area contributed by atoms with Crippen molar-refractivity contribution in [2.75, 3.05) is 0 Å². The smallest absolute Gasteiger partial charge is 0.117 e. The molecular weight excluding hydrogens is 218 g/mol. The minimum Gasteiger partial charge on any atom is -0.198 e. The fourth-order valence-electron chi connectivity index (χ4n) is 2.44. The van der Waals surface area contributed by atoms with E-state index in [0.717, 1.165) is 23.8 Å². The Balaban J connectivity index is 1.79. The van der Waals surface area contributed by atoms with E-state index in [4.69, 9.17) is 5.26 Å². The van der Waals surface area contributed by atoms with Crippen molar-refractivity contribution in [2.24, 2.45) is 11.8 Å². The molecule has 0 amide bonds. The van der Waals surface area contributed by atoms with Crippen LogP contribution in [0.1, 0.15) is 42.1 Å². The van der Waals surface area contributed by atoms with Gasteiger partial charge in [-0.3, -0.25) is 0 Å². The van der Waals surface area contributed by atoms with Crippen LogP contribution in [0.2, 0.25) is 0 Å². The highest BCUT2D eigenvalue weighted by molar-refractivity contribution is 7.11. The largest absolute Gasteiger partial charge is 0.198 e. The molecule has 1 fully saturated rings. The lowest BCUT2D eigenvalue weighted by Gasteiger charge is -2.26. The van der Waals surface area contributed by atoms with E-state index in [1.807, 2.05) is 6.92 Å². The van der Waals surface area contributed by atoms with Crippen molar-refractivity contribution in [3.63, 3.8) is 0 Å². The van der Waals surface area contributed by atoms with E-state index in [0.29, 0.717) is 5.92 Å². The van der Waals surface area contributed by atoms with Crippen molar-refractivity contribution in [2.45, 2.75) is 45.4 Å². The summed E-state index contributed by atoms with van der Waals surface area (Å²) < 4.78 is 0. The molecule has 1 aromatic heterocycles. The van der Waals surface area contributed by atoms with Gasteiger partial charge in [-0.05, 0) is 44.4 Å². The van der Waals surface area contributed by atoms with Gasteiger partial charge in [-0.1, -0.05) is 0 Å². The number of rotatable bonds is 3. The molecule has 1 aromatic rings.